The molecule has 0 aromatic heterocycles. The highest BCUT2D eigenvalue weighted by Gasteiger charge is 2.29. The van der Waals surface area contributed by atoms with Crippen molar-refractivity contribution >= 4 is 23.2 Å². The van der Waals surface area contributed by atoms with Gasteiger partial charge in [0.1, 0.15) is 0 Å². The van der Waals surface area contributed by atoms with Crippen molar-refractivity contribution in [3.63, 3.8) is 0 Å². The van der Waals surface area contributed by atoms with Gasteiger partial charge < -0.3 is 0 Å². The molecule has 0 saturated carbocycles. The average molecular weight is 367 g/mol. The van der Waals surface area contributed by atoms with Crippen LogP contribution in [0.3, 0.4) is 0 Å². The van der Waals surface area contributed by atoms with E-state index in [-0.39, 0.29) is 0 Å². The van der Waals surface area contributed by atoms with E-state index in [0.717, 1.165) is 28.8 Å². The Morgan fingerprint density at radius 1 is 0.625 bits per heavy atom. The van der Waals surface area contributed by atoms with Crippen molar-refractivity contribution in [3.05, 3.63) is 82.3 Å². The van der Waals surface area contributed by atoms with Gasteiger partial charge in [-0.05, 0) is 35.4 Å². The molecule has 0 amide bonds. The number of benzene rings is 3. The maximum atomic E-state index is 12.6. The van der Waals surface area contributed by atoms with Gasteiger partial charge in [-0.2, -0.15) is 13.2 Å². The Labute approximate surface area is 147 Å². The molecular formula is C19H11Cl2F3. The molecule has 3 rings (SSSR count). The zero-order valence-corrected chi connectivity index (χ0v) is 13.8. The number of alkyl halides is 3. The lowest BCUT2D eigenvalue weighted by atomic mass is 9.99. The van der Waals surface area contributed by atoms with Crippen molar-refractivity contribution in [1.29, 1.82) is 0 Å². The normalized spacial score (nSPS) is 11.5. The van der Waals surface area contributed by atoms with Crippen LogP contribution in [0.15, 0.2) is 66.7 Å². The van der Waals surface area contributed by atoms with Crippen LogP contribution in [0.1, 0.15) is 5.56 Å². The fraction of sp³-hybridized carbons (Fsp3) is 0.0526. The van der Waals surface area contributed by atoms with Crippen LogP contribution in [0.5, 0.6) is 0 Å². The molecule has 5 heteroatoms. The van der Waals surface area contributed by atoms with Crippen molar-refractivity contribution in [1.82, 2.24) is 0 Å². The number of hydrogen-bond acceptors (Lipinski definition) is 0. The fourth-order valence-corrected chi connectivity index (χ4v) is 2.96. The van der Waals surface area contributed by atoms with E-state index in [1.807, 2.05) is 30.3 Å². The first kappa shape index (κ1) is 16.9. The second kappa shape index (κ2) is 6.50. The van der Waals surface area contributed by atoms with Crippen LogP contribution >= 0.6 is 23.2 Å². The van der Waals surface area contributed by atoms with Crippen molar-refractivity contribution in [3.8, 4) is 22.3 Å². The summed E-state index contributed by atoms with van der Waals surface area (Å²) in [5.74, 6) is 0. The van der Waals surface area contributed by atoms with E-state index in [9.17, 15) is 13.2 Å². The van der Waals surface area contributed by atoms with Crippen molar-refractivity contribution in [2.75, 3.05) is 0 Å². The summed E-state index contributed by atoms with van der Waals surface area (Å²) >= 11 is 12.5. The Kier molecular flexibility index (Phi) is 4.57. The summed E-state index contributed by atoms with van der Waals surface area (Å²) in [6, 6.07) is 17.7. The zero-order chi connectivity index (χ0) is 17.3. The van der Waals surface area contributed by atoms with Crippen molar-refractivity contribution in [2.45, 2.75) is 6.18 Å². The van der Waals surface area contributed by atoms with E-state index in [2.05, 4.69) is 0 Å². The summed E-state index contributed by atoms with van der Waals surface area (Å²) in [7, 11) is 0. The molecule has 0 heterocycles. The predicted octanol–water partition coefficient (Wildman–Crippen LogP) is 7.35. The SMILES string of the molecule is FC(F)(F)c1ccc(-c2ccc(-c3ccccc3Cl)c(Cl)c2)cc1. The Bertz CT molecular complexity index is 869. The number of hydrogen-bond donors (Lipinski definition) is 0. The first-order chi connectivity index (χ1) is 11.4. The zero-order valence-electron chi connectivity index (χ0n) is 12.2. The summed E-state index contributed by atoms with van der Waals surface area (Å²) in [6.07, 6.45) is -4.34. The third kappa shape index (κ3) is 3.42. The van der Waals surface area contributed by atoms with E-state index in [1.54, 1.807) is 12.1 Å². The van der Waals surface area contributed by atoms with Crippen LogP contribution < -0.4 is 0 Å². The van der Waals surface area contributed by atoms with E-state index >= 15 is 0 Å². The highest BCUT2D eigenvalue weighted by Crippen LogP contribution is 2.36. The minimum Gasteiger partial charge on any atom is -0.166 e. The van der Waals surface area contributed by atoms with Gasteiger partial charge in [0.05, 0.1) is 5.56 Å². The molecule has 24 heavy (non-hydrogen) atoms. The minimum atomic E-state index is -4.34. The summed E-state index contributed by atoms with van der Waals surface area (Å²) in [6.45, 7) is 0. The fourth-order valence-electron chi connectivity index (χ4n) is 2.44. The van der Waals surface area contributed by atoms with Crippen LogP contribution in [0, 0.1) is 0 Å². The summed E-state index contributed by atoms with van der Waals surface area (Å²) in [5, 5.41) is 1.07. The Hall–Kier alpha value is -1.97. The molecule has 0 N–H and O–H groups in total. The van der Waals surface area contributed by atoms with Crippen LogP contribution in [0.2, 0.25) is 10.0 Å². The lowest BCUT2D eigenvalue weighted by Gasteiger charge is -2.10. The maximum absolute atomic E-state index is 12.6. The maximum Gasteiger partial charge on any atom is 0.416 e. The average Bonchev–Trinajstić information content (AvgIpc) is 2.55. The molecule has 3 aromatic rings. The van der Waals surface area contributed by atoms with Crippen molar-refractivity contribution in [2.24, 2.45) is 0 Å². The molecule has 0 aliphatic rings. The molecule has 122 valence electrons. The van der Waals surface area contributed by atoms with E-state index in [4.69, 9.17) is 23.2 Å². The lowest BCUT2D eigenvalue weighted by molar-refractivity contribution is -0.137. The Balaban J connectivity index is 1.97. The van der Waals surface area contributed by atoms with Crippen LogP contribution in [-0.2, 0) is 6.18 Å². The van der Waals surface area contributed by atoms with Gasteiger partial charge in [0.15, 0.2) is 0 Å². The smallest absolute Gasteiger partial charge is 0.166 e. The largest absolute Gasteiger partial charge is 0.416 e. The highest BCUT2D eigenvalue weighted by atomic mass is 35.5. The van der Waals surface area contributed by atoms with Gasteiger partial charge in [-0.1, -0.05) is 65.7 Å². The topological polar surface area (TPSA) is 0 Å². The third-order valence-electron chi connectivity index (χ3n) is 3.68. The molecule has 0 radical (unpaired) electrons. The van der Waals surface area contributed by atoms with Crippen LogP contribution in [0.4, 0.5) is 13.2 Å². The van der Waals surface area contributed by atoms with Gasteiger partial charge in [-0.15, -0.1) is 0 Å². The van der Waals surface area contributed by atoms with Gasteiger partial charge in [-0.3, -0.25) is 0 Å². The molecule has 0 spiro atoms. The highest BCUT2D eigenvalue weighted by molar-refractivity contribution is 6.36. The molecule has 0 bridgehead atoms. The standard InChI is InChI=1S/C19H11Cl2F3/c20-17-4-2-1-3-15(17)16-10-7-13(11-18(16)21)12-5-8-14(9-6-12)19(22,23)24/h1-11H. The number of halogens is 5. The monoisotopic (exact) mass is 366 g/mol. The summed E-state index contributed by atoms with van der Waals surface area (Å²) in [5.41, 5.74) is 2.31. The van der Waals surface area contributed by atoms with E-state index in [1.165, 1.54) is 12.1 Å². The summed E-state index contributed by atoms with van der Waals surface area (Å²) in [4.78, 5) is 0. The molecule has 0 aliphatic carbocycles. The molecular weight excluding hydrogens is 356 g/mol. The molecule has 0 nitrogen and oxygen atoms in total. The molecule has 0 saturated heterocycles. The summed E-state index contributed by atoms with van der Waals surface area (Å²) < 4.78 is 37.9. The minimum absolute atomic E-state index is 0.487. The van der Waals surface area contributed by atoms with Gasteiger partial charge in [0.25, 0.3) is 0 Å². The van der Waals surface area contributed by atoms with Crippen LogP contribution in [-0.4, -0.2) is 0 Å². The first-order valence-electron chi connectivity index (χ1n) is 7.08. The Morgan fingerprint density at radius 3 is 1.79 bits per heavy atom. The third-order valence-corrected chi connectivity index (χ3v) is 4.32. The van der Waals surface area contributed by atoms with E-state index < -0.39 is 11.7 Å². The first-order valence-corrected chi connectivity index (χ1v) is 7.84. The van der Waals surface area contributed by atoms with Gasteiger partial charge in [0.2, 0.25) is 0 Å². The van der Waals surface area contributed by atoms with Crippen molar-refractivity contribution < 1.29 is 13.2 Å². The predicted molar refractivity (Wildman–Crippen MR) is 92.3 cm³/mol. The Morgan fingerprint density at radius 2 is 1.21 bits per heavy atom. The van der Waals surface area contributed by atoms with Crippen LogP contribution in [0.25, 0.3) is 22.3 Å². The molecule has 0 fully saturated rings. The quantitative estimate of drug-likeness (QED) is 0.444. The molecule has 0 aliphatic heterocycles. The van der Waals surface area contributed by atoms with Gasteiger partial charge >= 0.3 is 6.18 Å². The van der Waals surface area contributed by atoms with Gasteiger partial charge in [0, 0.05) is 21.2 Å². The van der Waals surface area contributed by atoms with Gasteiger partial charge in [-0.25, -0.2) is 0 Å². The molecule has 0 unspecified atom stereocenters. The molecule has 3 aromatic carbocycles. The molecule has 0 atom stereocenters. The van der Waals surface area contributed by atoms with E-state index in [0.29, 0.717) is 15.6 Å². The number of rotatable bonds is 2. The lowest BCUT2D eigenvalue weighted by Crippen LogP contribution is -2.03. The second-order valence-electron chi connectivity index (χ2n) is 5.25. The second-order valence-corrected chi connectivity index (χ2v) is 6.06.